The molecule has 0 bridgehead atoms. The molecule has 1 aromatic heterocycles. The number of rotatable bonds is 7. The molecule has 212 valence electrons. The van der Waals surface area contributed by atoms with Crippen LogP contribution >= 0.6 is 11.6 Å². The number of pyridine rings is 1. The molecule has 1 aliphatic carbocycles. The van der Waals surface area contributed by atoms with E-state index in [1.54, 1.807) is 37.6 Å². The minimum atomic E-state index is -3.88. The second-order valence-electron chi connectivity index (χ2n) is 10.6. The smallest absolute Gasteiger partial charge is 0.243 e. The molecule has 5 rings (SSSR count). The van der Waals surface area contributed by atoms with Gasteiger partial charge in [0.15, 0.2) is 0 Å². The average Bonchev–Trinajstić information content (AvgIpc) is 2.95. The molecule has 0 spiro atoms. The molecule has 1 amide bonds. The minimum Gasteiger partial charge on any atom is -0.379 e. The standard InChI is InChI=1S/C30H35ClN4O4S/c1-20-16-21(2)25(31)17-24(20)19-34-12-14-35(15-13-34)30(36)23-9-10-26(27(18-23)39-3)33-40(37,38)28-8-4-6-22-7-5-11-32-29(22)28/h4-11,16-17,23,26-27,33H,12-15,18-19H2,1-3H3. The van der Waals surface area contributed by atoms with Crippen LogP contribution in [-0.4, -0.2) is 74.5 Å². The van der Waals surface area contributed by atoms with Crippen molar-refractivity contribution in [3.8, 4) is 0 Å². The number of benzene rings is 2. The molecule has 2 heterocycles. The van der Waals surface area contributed by atoms with E-state index in [2.05, 4.69) is 27.6 Å². The Balaban J connectivity index is 1.21. The number of amides is 1. The zero-order valence-electron chi connectivity index (χ0n) is 23.0. The zero-order valence-corrected chi connectivity index (χ0v) is 24.6. The summed E-state index contributed by atoms with van der Waals surface area (Å²) in [6, 6.07) is 12.2. The maximum atomic E-state index is 13.4. The Morgan fingerprint density at radius 1 is 1.07 bits per heavy atom. The molecule has 3 atom stereocenters. The Bertz CT molecular complexity index is 1530. The topological polar surface area (TPSA) is 91.8 Å². The van der Waals surface area contributed by atoms with Crippen molar-refractivity contribution < 1.29 is 17.9 Å². The number of piperazine rings is 1. The van der Waals surface area contributed by atoms with Crippen LogP contribution in [0.5, 0.6) is 0 Å². The van der Waals surface area contributed by atoms with Gasteiger partial charge >= 0.3 is 0 Å². The third-order valence-electron chi connectivity index (χ3n) is 7.93. The first-order valence-electron chi connectivity index (χ1n) is 13.5. The summed E-state index contributed by atoms with van der Waals surface area (Å²) in [5.74, 6) is -0.318. The molecule has 1 aliphatic heterocycles. The van der Waals surface area contributed by atoms with Gasteiger partial charge in [-0.1, -0.05) is 48.0 Å². The molecular weight excluding hydrogens is 548 g/mol. The Kier molecular flexibility index (Phi) is 8.58. The molecule has 3 unspecified atom stereocenters. The maximum absolute atomic E-state index is 13.4. The molecule has 1 saturated heterocycles. The fraction of sp³-hybridized carbons (Fsp3) is 0.400. The predicted octanol–water partition coefficient (Wildman–Crippen LogP) is 4.09. The highest BCUT2D eigenvalue weighted by Gasteiger charge is 2.35. The monoisotopic (exact) mass is 582 g/mol. The van der Waals surface area contributed by atoms with Crippen LogP contribution in [0.1, 0.15) is 23.1 Å². The van der Waals surface area contributed by atoms with Gasteiger partial charge in [0.25, 0.3) is 0 Å². The maximum Gasteiger partial charge on any atom is 0.243 e. The second kappa shape index (κ2) is 12.0. The minimum absolute atomic E-state index is 0.0482. The molecule has 1 N–H and O–H groups in total. The number of para-hydroxylation sites is 1. The van der Waals surface area contributed by atoms with E-state index in [1.165, 1.54) is 11.1 Å². The lowest BCUT2D eigenvalue weighted by Crippen LogP contribution is -2.52. The summed E-state index contributed by atoms with van der Waals surface area (Å²) >= 11 is 6.35. The van der Waals surface area contributed by atoms with E-state index in [0.29, 0.717) is 25.0 Å². The van der Waals surface area contributed by atoms with E-state index in [4.69, 9.17) is 16.3 Å². The number of nitrogens with one attached hydrogen (secondary N) is 1. The van der Waals surface area contributed by atoms with E-state index in [1.807, 2.05) is 36.1 Å². The number of hydrogen-bond acceptors (Lipinski definition) is 6. The van der Waals surface area contributed by atoms with Crippen molar-refractivity contribution in [2.24, 2.45) is 5.92 Å². The van der Waals surface area contributed by atoms with Crippen molar-refractivity contribution in [2.45, 2.75) is 43.9 Å². The third kappa shape index (κ3) is 6.09. The summed E-state index contributed by atoms with van der Waals surface area (Å²) in [5.41, 5.74) is 3.93. The van der Waals surface area contributed by atoms with Gasteiger partial charge in [-0.3, -0.25) is 14.7 Å². The van der Waals surface area contributed by atoms with Crippen LogP contribution in [0, 0.1) is 19.8 Å². The molecule has 8 nitrogen and oxygen atoms in total. The van der Waals surface area contributed by atoms with Gasteiger partial charge in [-0.2, -0.15) is 0 Å². The number of carbonyl (C=O) groups excluding carboxylic acids is 1. The number of fused-ring (bicyclic) bond motifs is 1. The molecule has 1 fully saturated rings. The van der Waals surface area contributed by atoms with E-state index < -0.39 is 22.2 Å². The van der Waals surface area contributed by atoms with E-state index in [9.17, 15) is 13.2 Å². The Hall–Kier alpha value is -2.82. The van der Waals surface area contributed by atoms with Crippen LogP contribution in [0.4, 0.5) is 0 Å². The van der Waals surface area contributed by atoms with E-state index >= 15 is 0 Å². The second-order valence-corrected chi connectivity index (χ2v) is 12.7. The summed E-state index contributed by atoms with van der Waals surface area (Å²) in [7, 11) is -2.34. The highest BCUT2D eigenvalue weighted by molar-refractivity contribution is 7.89. The fourth-order valence-corrected chi connectivity index (χ4v) is 7.15. The van der Waals surface area contributed by atoms with Crippen LogP contribution < -0.4 is 4.72 Å². The van der Waals surface area contributed by atoms with Crippen molar-refractivity contribution in [2.75, 3.05) is 33.3 Å². The molecule has 0 saturated carbocycles. The molecule has 10 heteroatoms. The van der Waals surface area contributed by atoms with Crippen LogP contribution in [0.25, 0.3) is 10.9 Å². The van der Waals surface area contributed by atoms with Gasteiger partial charge in [0.2, 0.25) is 15.9 Å². The SMILES string of the molecule is COC1CC(C(=O)N2CCN(Cc3cc(Cl)c(C)cc3C)CC2)C=CC1NS(=O)(=O)c1cccc2cccnc12. The third-order valence-corrected chi connectivity index (χ3v) is 9.83. The van der Waals surface area contributed by atoms with Crippen LogP contribution in [0.3, 0.4) is 0 Å². The number of carbonyl (C=O) groups is 1. The molecular formula is C30H35ClN4O4S. The van der Waals surface area contributed by atoms with E-state index in [0.717, 1.165) is 35.6 Å². The highest BCUT2D eigenvalue weighted by atomic mass is 35.5. The summed E-state index contributed by atoms with van der Waals surface area (Å²) < 4.78 is 35.1. The number of aromatic nitrogens is 1. The van der Waals surface area contributed by atoms with E-state index in [-0.39, 0.29) is 16.7 Å². The lowest BCUT2D eigenvalue weighted by molar-refractivity contribution is -0.137. The summed E-state index contributed by atoms with van der Waals surface area (Å²) in [5, 5.41) is 1.52. The Morgan fingerprint density at radius 3 is 2.58 bits per heavy atom. The van der Waals surface area contributed by atoms with Gasteiger partial charge in [-0.15, -0.1) is 0 Å². The molecule has 0 radical (unpaired) electrons. The lowest BCUT2D eigenvalue weighted by atomic mass is 9.89. The van der Waals surface area contributed by atoms with Crippen molar-refractivity contribution in [3.05, 3.63) is 82.5 Å². The predicted molar refractivity (Wildman–Crippen MR) is 157 cm³/mol. The first-order valence-corrected chi connectivity index (χ1v) is 15.4. The lowest BCUT2D eigenvalue weighted by Gasteiger charge is -2.38. The molecule has 3 aromatic rings. The number of ether oxygens (including phenoxy) is 1. The largest absolute Gasteiger partial charge is 0.379 e. The van der Waals surface area contributed by atoms with Gasteiger partial charge in [-0.05, 0) is 55.2 Å². The average molecular weight is 583 g/mol. The Morgan fingerprint density at radius 2 is 1.82 bits per heavy atom. The number of nitrogens with zero attached hydrogens (tertiary/aromatic N) is 3. The number of sulfonamides is 1. The summed E-state index contributed by atoms with van der Waals surface area (Å²) in [4.78, 5) is 22.1. The number of halogens is 1. The molecule has 2 aromatic carbocycles. The van der Waals surface area contributed by atoms with Crippen LogP contribution in [-0.2, 0) is 26.1 Å². The highest BCUT2D eigenvalue weighted by Crippen LogP contribution is 2.27. The molecule has 2 aliphatic rings. The van der Waals surface area contributed by atoms with Gasteiger partial charge < -0.3 is 9.64 Å². The van der Waals surface area contributed by atoms with Gasteiger partial charge in [0, 0.05) is 56.4 Å². The number of methoxy groups -OCH3 is 1. The van der Waals surface area contributed by atoms with Crippen LogP contribution in [0.15, 0.2) is 65.7 Å². The quantitative estimate of drug-likeness (QED) is 0.422. The van der Waals surface area contributed by atoms with Crippen molar-refractivity contribution in [3.63, 3.8) is 0 Å². The normalized spacial score (nSPS) is 22.1. The summed E-state index contributed by atoms with van der Waals surface area (Å²) in [6.07, 6.45) is 5.06. The van der Waals surface area contributed by atoms with Gasteiger partial charge in [0.05, 0.1) is 23.6 Å². The number of hydrogen-bond donors (Lipinski definition) is 1. The van der Waals surface area contributed by atoms with Crippen molar-refractivity contribution >= 4 is 38.4 Å². The first-order chi connectivity index (χ1) is 19.2. The van der Waals surface area contributed by atoms with Crippen molar-refractivity contribution in [1.29, 1.82) is 0 Å². The first kappa shape index (κ1) is 28.7. The zero-order chi connectivity index (χ0) is 28.4. The fourth-order valence-electron chi connectivity index (χ4n) is 5.57. The van der Waals surface area contributed by atoms with Gasteiger partial charge in [-0.25, -0.2) is 13.1 Å². The Labute approximate surface area is 241 Å². The van der Waals surface area contributed by atoms with Crippen molar-refractivity contribution in [1.82, 2.24) is 19.5 Å². The van der Waals surface area contributed by atoms with Crippen LogP contribution in [0.2, 0.25) is 5.02 Å². The van der Waals surface area contributed by atoms with Gasteiger partial charge in [0.1, 0.15) is 4.90 Å². The summed E-state index contributed by atoms with van der Waals surface area (Å²) in [6.45, 7) is 7.76. The molecule has 40 heavy (non-hydrogen) atoms. The number of aryl methyl sites for hydroxylation is 2.